The summed E-state index contributed by atoms with van der Waals surface area (Å²) in [6, 6.07) is 6.50. The van der Waals surface area contributed by atoms with Crippen molar-refractivity contribution >= 4 is 31.9 Å². The molecule has 1 amide bonds. The minimum absolute atomic E-state index is 0.0142. The molecule has 2 rings (SSSR count). The van der Waals surface area contributed by atoms with Crippen molar-refractivity contribution in [1.29, 1.82) is 0 Å². The Morgan fingerprint density at radius 2 is 1.96 bits per heavy atom. The highest BCUT2D eigenvalue weighted by molar-refractivity contribution is 9.10. The van der Waals surface area contributed by atoms with E-state index in [1.807, 2.05) is 4.90 Å². The molecule has 1 aromatic rings. The number of rotatable bonds is 5. The highest BCUT2D eigenvalue weighted by Gasteiger charge is 2.25. The standard InChI is InChI=1S/C16H23BrN2O3S/c1-12-8-13(2)11-19(10-12)16(20)6-7-18-23(21,22)15-5-3-4-14(17)9-15/h3-5,9,12-13,18H,6-8,10-11H2,1-2H3. The molecule has 7 heteroatoms. The first kappa shape index (κ1) is 18.4. The smallest absolute Gasteiger partial charge is 0.240 e. The van der Waals surface area contributed by atoms with Crippen LogP contribution in [0, 0.1) is 11.8 Å². The maximum Gasteiger partial charge on any atom is 0.240 e. The highest BCUT2D eigenvalue weighted by atomic mass is 79.9. The van der Waals surface area contributed by atoms with Crippen molar-refractivity contribution in [2.24, 2.45) is 11.8 Å². The molecule has 2 unspecified atom stereocenters. The predicted octanol–water partition coefficient (Wildman–Crippen LogP) is 2.62. The topological polar surface area (TPSA) is 66.5 Å². The molecule has 1 fully saturated rings. The van der Waals surface area contributed by atoms with E-state index in [2.05, 4.69) is 34.5 Å². The summed E-state index contributed by atoms with van der Waals surface area (Å²) < 4.78 is 27.6. The third-order valence-corrected chi connectivity index (χ3v) is 5.91. The van der Waals surface area contributed by atoms with Gasteiger partial charge in [0, 0.05) is 30.5 Å². The molecule has 0 radical (unpaired) electrons. The number of likely N-dealkylation sites (tertiary alicyclic amines) is 1. The van der Waals surface area contributed by atoms with Crippen LogP contribution in [0.15, 0.2) is 33.6 Å². The first-order valence-electron chi connectivity index (χ1n) is 7.81. The average molecular weight is 403 g/mol. The fraction of sp³-hybridized carbons (Fsp3) is 0.562. The van der Waals surface area contributed by atoms with Gasteiger partial charge >= 0.3 is 0 Å². The number of benzene rings is 1. The summed E-state index contributed by atoms with van der Waals surface area (Å²) in [6.45, 7) is 5.94. The van der Waals surface area contributed by atoms with Gasteiger partial charge in [-0.2, -0.15) is 0 Å². The molecule has 1 saturated heterocycles. The Kier molecular flexibility index (Phi) is 6.22. The van der Waals surface area contributed by atoms with E-state index in [4.69, 9.17) is 0 Å². The van der Waals surface area contributed by atoms with Crippen LogP contribution in [0.1, 0.15) is 26.7 Å². The van der Waals surface area contributed by atoms with E-state index in [9.17, 15) is 13.2 Å². The number of piperidine rings is 1. The summed E-state index contributed by atoms with van der Waals surface area (Å²) in [6.07, 6.45) is 1.33. The number of amides is 1. The second kappa shape index (κ2) is 7.77. The lowest BCUT2D eigenvalue weighted by Gasteiger charge is -2.35. The van der Waals surface area contributed by atoms with E-state index in [0.717, 1.165) is 19.5 Å². The Balaban J connectivity index is 1.88. The quantitative estimate of drug-likeness (QED) is 0.822. The van der Waals surface area contributed by atoms with Crippen LogP contribution in [-0.4, -0.2) is 38.9 Å². The number of halogens is 1. The molecule has 1 heterocycles. The zero-order valence-electron chi connectivity index (χ0n) is 13.5. The molecule has 1 aromatic carbocycles. The Hall–Kier alpha value is -0.920. The van der Waals surface area contributed by atoms with Gasteiger partial charge in [-0.15, -0.1) is 0 Å². The zero-order valence-corrected chi connectivity index (χ0v) is 15.9. The summed E-state index contributed by atoms with van der Waals surface area (Å²) in [5.74, 6) is 1.02. The number of nitrogens with zero attached hydrogens (tertiary/aromatic N) is 1. The highest BCUT2D eigenvalue weighted by Crippen LogP contribution is 2.21. The van der Waals surface area contributed by atoms with Crippen LogP contribution in [0.4, 0.5) is 0 Å². The van der Waals surface area contributed by atoms with Crippen molar-refractivity contribution in [3.8, 4) is 0 Å². The molecular formula is C16H23BrN2O3S. The molecular weight excluding hydrogens is 380 g/mol. The van der Waals surface area contributed by atoms with Crippen LogP contribution in [0.3, 0.4) is 0 Å². The van der Waals surface area contributed by atoms with Crippen LogP contribution in [0.25, 0.3) is 0 Å². The number of nitrogens with one attached hydrogen (secondary N) is 1. The van der Waals surface area contributed by atoms with Gasteiger partial charge in [-0.05, 0) is 36.5 Å². The average Bonchev–Trinajstić information content (AvgIpc) is 2.46. The van der Waals surface area contributed by atoms with Crippen molar-refractivity contribution in [2.45, 2.75) is 31.6 Å². The third kappa shape index (κ3) is 5.29. The number of hydrogen-bond donors (Lipinski definition) is 1. The van der Waals surface area contributed by atoms with Gasteiger partial charge in [-0.25, -0.2) is 13.1 Å². The van der Waals surface area contributed by atoms with E-state index >= 15 is 0 Å². The summed E-state index contributed by atoms with van der Waals surface area (Å²) in [4.78, 5) is 14.3. The normalized spacial score (nSPS) is 22.1. The van der Waals surface area contributed by atoms with Gasteiger partial charge in [0.2, 0.25) is 15.9 Å². The molecule has 128 valence electrons. The third-order valence-electron chi connectivity index (χ3n) is 3.96. The van der Waals surface area contributed by atoms with Gasteiger partial charge in [0.25, 0.3) is 0 Å². The van der Waals surface area contributed by atoms with E-state index in [-0.39, 0.29) is 23.8 Å². The molecule has 0 spiro atoms. The number of hydrogen-bond acceptors (Lipinski definition) is 3. The Morgan fingerprint density at radius 1 is 1.30 bits per heavy atom. The summed E-state index contributed by atoms with van der Waals surface area (Å²) in [5, 5.41) is 0. The van der Waals surface area contributed by atoms with Crippen LogP contribution in [0.2, 0.25) is 0 Å². The van der Waals surface area contributed by atoms with E-state index < -0.39 is 10.0 Å². The second-order valence-corrected chi connectivity index (χ2v) is 9.03. The van der Waals surface area contributed by atoms with Crippen molar-refractivity contribution in [2.75, 3.05) is 19.6 Å². The molecule has 1 aliphatic rings. The molecule has 1 N–H and O–H groups in total. The number of sulfonamides is 1. The van der Waals surface area contributed by atoms with Crippen LogP contribution in [-0.2, 0) is 14.8 Å². The fourth-order valence-corrected chi connectivity index (χ4v) is 4.66. The largest absolute Gasteiger partial charge is 0.342 e. The first-order chi connectivity index (χ1) is 10.8. The Bertz CT molecular complexity index is 653. The molecule has 0 saturated carbocycles. The van der Waals surface area contributed by atoms with E-state index in [1.54, 1.807) is 12.1 Å². The van der Waals surface area contributed by atoms with Crippen LogP contribution >= 0.6 is 15.9 Å². The Morgan fingerprint density at radius 3 is 2.57 bits per heavy atom. The molecule has 0 aliphatic carbocycles. The predicted molar refractivity (Wildman–Crippen MR) is 93.5 cm³/mol. The van der Waals surface area contributed by atoms with Gasteiger partial charge in [0.05, 0.1) is 4.90 Å². The van der Waals surface area contributed by atoms with Crippen molar-refractivity contribution < 1.29 is 13.2 Å². The van der Waals surface area contributed by atoms with Crippen molar-refractivity contribution in [1.82, 2.24) is 9.62 Å². The van der Waals surface area contributed by atoms with Crippen LogP contribution in [0.5, 0.6) is 0 Å². The van der Waals surface area contributed by atoms with E-state index in [1.165, 1.54) is 12.1 Å². The lowest BCUT2D eigenvalue weighted by Crippen LogP contribution is -2.43. The first-order valence-corrected chi connectivity index (χ1v) is 10.1. The maximum absolute atomic E-state index is 12.2. The van der Waals surface area contributed by atoms with Crippen molar-refractivity contribution in [3.63, 3.8) is 0 Å². The molecule has 1 aliphatic heterocycles. The molecule has 0 bridgehead atoms. The second-order valence-electron chi connectivity index (χ2n) is 6.35. The minimum Gasteiger partial charge on any atom is -0.342 e. The van der Waals surface area contributed by atoms with Gasteiger partial charge in [0.15, 0.2) is 0 Å². The lowest BCUT2D eigenvalue weighted by atomic mass is 9.92. The fourth-order valence-electron chi connectivity index (χ4n) is 3.03. The maximum atomic E-state index is 12.2. The lowest BCUT2D eigenvalue weighted by molar-refractivity contribution is -0.133. The van der Waals surface area contributed by atoms with Gasteiger partial charge in [0.1, 0.15) is 0 Å². The van der Waals surface area contributed by atoms with E-state index in [0.29, 0.717) is 16.3 Å². The molecule has 5 nitrogen and oxygen atoms in total. The van der Waals surface area contributed by atoms with Crippen molar-refractivity contribution in [3.05, 3.63) is 28.7 Å². The summed E-state index contributed by atoms with van der Waals surface area (Å²) >= 11 is 3.26. The van der Waals surface area contributed by atoms with Gasteiger partial charge < -0.3 is 4.90 Å². The number of carbonyl (C=O) groups is 1. The zero-order chi connectivity index (χ0) is 17.0. The summed E-state index contributed by atoms with van der Waals surface area (Å²) in [5.41, 5.74) is 0. The molecule has 0 aromatic heterocycles. The van der Waals surface area contributed by atoms with Crippen LogP contribution < -0.4 is 4.72 Å². The minimum atomic E-state index is -3.58. The molecule has 23 heavy (non-hydrogen) atoms. The van der Waals surface area contributed by atoms with Gasteiger partial charge in [-0.3, -0.25) is 4.79 Å². The summed E-state index contributed by atoms with van der Waals surface area (Å²) in [7, 11) is -3.58. The Labute approximate surface area is 146 Å². The van der Waals surface area contributed by atoms with Gasteiger partial charge in [-0.1, -0.05) is 35.8 Å². The monoisotopic (exact) mass is 402 g/mol. The molecule has 2 atom stereocenters. The number of carbonyl (C=O) groups excluding carboxylic acids is 1. The SMILES string of the molecule is CC1CC(C)CN(C(=O)CCNS(=O)(=O)c2cccc(Br)c2)C1.